The fourth-order valence-electron chi connectivity index (χ4n) is 3.07. The van der Waals surface area contributed by atoms with E-state index in [2.05, 4.69) is 10.2 Å². The van der Waals surface area contributed by atoms with Crippen LogP contribution in [0.1, 0.15) is 54.8 Å². The molecule has 0 aromatic carbocycles. The topological polar surface area (TPSA) is 45.5 Å². The number of rotatable bonds is 4. The Morgan fingerprint density at radius 1 is 1.21 bits per heavy atom. The van der Waals surface area contributed by atoms with Gasteiger partial charge in [0.25, 0.3) is 5.91 Å². The second-order valence-electron chi connectivity index (χ2n) is 5.70. The standard InChI is InChI=1S/C15H22N2O2/c18-15(16-12-5-1-2-6-12)14-8-7-13(19-14)11-17-9-3-4-10-17/h7-8,12H,1-6,9-11H2,(H,16,18). The molecule has 4 heteroatoms. The molecule has 1 saturated carbocycles. The summed E-state index contributed by atoms with van der Waals surface area (Å²) in [5, 5.41) is 3.06. The van der Waals surface area contributed by atoms with Crippen LogP contribution >= 0.6 is 0 Å². The highest BCUT2D eigenvalue weighted by Crippen LogP contribution is 2.19. The van der Waals surface area contributed by atoms with Crippen LogP contribution in [-0.4, -0.2) is 29.9 Å². The van der Waals surface area contributed by atoms with Crippen molar-refractivity contribution in [1.82, 2.24) is 10.2 Å². The molecule has 1 aliphatic heterocycles. The molecule has 2 aliphatic rings. The molecule has 2 fully saturated rings. The van der Waals surface area contributed by atoms with Gasteiger partial charge in [0.1, 0.15) is 5.76 Å². The molecular formula is C15H22N2O2. The highest BCUT2D eigenvalue weighted by Gasteiger charge is 2.20. The molecule has 1 aliphatic carbocycles. The summed E-state index contributed by atoms with van der Waals surface area (Å²) in [7, 11) is 0. The summed E-state index contributed by atoms with van der Waals surface area (Å²) in [5.41, 5.74) is 0. The number of nitrogens with zero attached hydrogens (tertiary/aromatic N) is 1. The average Bonchev–Trinajstić information content (AvgIpc) is 3.10. The molecule has 1 aromatic rings. The maximum atomic E-state index is 12.0. The largest absolute Gasteiger partial charge is 0.455 e. The average molecular weight is 262 g/mol. The van der Waals surface area contributed by atoms with E-state index in [1.54, 1.807) is 6.07 Å². The van der Waals surface area contributed by atoms with Gasteiger partial charge in [0, 0.05) is 6.04 Å². The number of carbonyl (C=O) groups excluding carboxylic acids is 1. The molecule has 0 atom stereocenters. The van der Waals surface area contributed by atoms with E-state index in [1.807, 2.05) is 6.07 Å². The maximum absolute atomic E-state index is 12.0. The minimum Gasteiger partial charge on any atom is -0.455 e. The van der Waals surface area contributed by atoms with Crippen LogP contribution in [0.2, 0.25) is 0 Å². The fraction of sp³-hybridized carbons (Fsp3) is 0.667. The molecule has 0 bridgehead atoms. The number of furan rings is 1. The van der Waals surface area contributed by atoms with Crippen LogP contribution in [0.15, 0.2) is 16.5 Å². The molecule has 104 valence electrons. The van der Waals surface area contributed by atoms with Gasteiger partial charge in [-0.3, -0.25) is 9.69 Å². The van der Waals surface area contributed by atoms with Gasteiger partial charge in [0.2, 0.25) is 0 Å². The zero-order valence-corrected chi connectivity index (χ0v) is 11.4. The summed E-state index contributed by atoms with van der Waals surface area (Å²) in [6, 6.07) is 4.08. The van der Waals surface area contributed by atoms with Crippen molar-refractivity contribution in [2.45, 2.75) is 51.1 Å². The van der Waals surface area contributed by atoms with Gasteiger partial charge in [-0.15, -0.1) is 0 Å². The van der Waals surface area contributed by atoms with Crippen molar-refractivity contribution in [3.63, 3.8) is 0 Å². The van der Waals surface area contributed by atoms with Gasteiger partial charge in [-0.25, -0.2) is 0 Å². The fourth-order valence-corrected chi connectivity index (χ4v) is 3.07. The van der Waals surface area contributed by atoms with Gasteiger partial charge < -0.3 is 9.73 Å². The first-order valence-corrected chi connectivity index (χ1v) is 7.43. The van der Waals surface area contributed by atoms with E-state index in [9.17, 15) is 4.79 Å². The third kappa shape index (κ3) is 3.18. The number of likely N-dealkylation sites (tertiary alicyclic amines) is 1. The molecular weight excluding hydrogens is 240 g/mol. The normalized spacial score (nSPS) is 21.1. The lowest BCUT2D eigenvalue weighted by Crippen LogP contribution is -2.32. The van der Waals surface area contributed by atoms with E-state index in [0.717, 1.165) is 38.2 Å². The Morgan fingerprint density at radius 3 is 2.68 bits per heavy atom. The molecule has 19 heavy (non-hydrogen) atoms. The van der Waals surface area contributed by atoms with Crippen LogP contribution in [0.3, 0.4) is 0 Å². The minimum atomic E-state index is -0.0560. The summed E-state index contributed by atoms with van der Waals surface area (Å²) < 4.78 is 5.66. The lowest BCUT2D eigenvalue weighted by Gasteiger charge is -2.12. The van der Waals surface area contributed by atoms with Crippen molar-refractivity contribution in [1.29, 1.82) is 0 Å². The molecule has 0 radical (unpaired) electrons. The summed E-state index contributed by atoms with van der Waals surface area (Å²) in [4.78, 5) is 14.4. The van der Waals surface area contributed by atoms with Crippen LogP contribution in [0.25, 0.3) is 0 Å². The first-order chi connectivity index (χ1) is 9.31. The molecule has 1 amide bonds. The smallest absolute Gasteiger partial charge is 0.287 e. The van der Waals surface area contributed by atoms with Crippen molar-refractivity contribution in [2.24, 2.45) is 0 Å². The molecule has 1 saturated heterocycles. The van der Waals surface area contributed by atoms with Crippen LogP contribution in [-0.2, 0) is 6.54 Å². The predicted octanol–water partition coefficient (Wildman–Crippen LogP) is 2.55. The lowest BCUT2D eigenvalue weighted by molar-refractivity contribution is 0.0906. The third-order valence-electron chi connectivity index (χ3n) is 4.15. The zero-order valence-electron chi connectivity index (χ0n) is 11.4. The van der Waals surface area contributed by atoms with E-state index in [0.29, 0.717) is 11.8 Å². The van der Waals surface area contributed by atoms with E-state index in [-0.39, 0.29) is 5.91 Å². The zero-order chi connectivity index (χ0) is 13.1. The van der Waals surface area contributed by atoms with Gasteiger partial charge in [-0.05, 0) is 50.9 Å². The molecule has 1 N–H and O–H groups in total. The van der Waals surface area contributed by atoms with Gasteiger partial charge in [-0.1, -0.05) is 12.8 Å². The SMILES string of the molecule is O=C(NC1CCCC1)c1ccc(CN2CCCC2)o1. The molecule has 0 spiro atoms. The molecule has 1 aromatic heterocycles. The minimum absolute atomic E-state index is 0.0560. The van der Waals surface area contributed by atoms with E-state index in [4.69, 9.17) is 4.42 Å². The predicted molar refractivity (Wildman–Crippen MR) is 72.9 cm³/mol. The van der Waals surface area contributed by atoms with Gasteiger partial charge in [0.05, 0.1) is 6.54 Å². The van der Waals surface area contributed by atoms with E-state index < -0.39 is 0 Å². The van der Waals surface area contributed by atoms with Crippen LogP contribution in [0.4, 0.5) is 0 Å². The first kappa shape index (κ1) is 12.7. The Hall–Kier alpha value is -1.29. The molecule has 3 rings (SSSR count). The Morgan fingerprint density at radius 2 is 1.95 bits per heavy atom. The third-order valence-corrected chi connectivity index (χ3v) is 4.15. The van der Waals surface area contributed by atoms with Crippen LogP contribution in [0, 0.1) is 0 Å². The van der Waals surface area contributed by atoms with Crippen LogP contribution in [0.5, 0.6) is 0 Å². The van der Waals surface area contributed by atoms with Gasteiger partial charge >= 0.3 is 0 Å². The highest BCUT2D eigenvalue weighted by molar-refractivity contribution is 5.91. The highest BCUT2D eigenvalue weighted by atomic mass is 16.4. The summed E-state index contributed by atoms with van der Waals surface area (Å²) in [6.45, 7) is 3.12. The van der Waals surface area contributed by atoms with E-state index in [1.165, 1.54) is 25.7 Å². The lowest BCUT2D eigenvalue weighted by atomic mass is 10.2. The molecule has 0 unspecified atom stereocenters. The van der Waals surface area contributed by atoms with Crippen molar-refractivity contribution in [2.75, 3.05) is 13.1 Å². The van der Waals surface area contributed by atoms with Crippen LogP contribution < -0.4 is 5.32 Å². The van der Waals surface area contributed by atoms with Crippen molar-refractivity contribution in [3.8, 4) is 0 Å². The maximum Gasteiger partial charge on any atom is 0.287 e. The number of hydrogen-bond acceptors (Lipinski definition) is 3. The van der Waals surface area contributed by atoms with Crippen molar-refractivity contribution >= 4 is 5.91 Å². The monoisotopic (exact) mass is 262 g/mol. The van der Waals surface area contributed by atoms with Gasteiger partial charge in [0.15, 0.2) is 5.76 Å². The number of amides is 1. The van der Waals surface area contributed by atoms with Crippen molar-refractivity contribution < 1.29 is 9.21 Å². The Labute approximate surface area is 114 Å². The van der Waals surface area contributed by atoms with E-state index >= 15 is 0 Å². The second-order valence-corrected chi connectivity index (χ2v) is 5.70. The Kier molecular flexibility index (Phi) is 3.87. The second kappa shape index (κ2) is 5.78. The quantitative estimate of drug-likeness (QED) is 0.907. The molecule has 2 heterocycles. The number of hydrogen-bond donors (Lipinski definition) is 1. The number of carbonyl (C=O) groups is 1. The Bertz CT molecular complexity index is 429. The summed E-state index contributed by atoms with van der Waals surface area (Å²) in [6.07, 6.45) is 7.21. The summed E-state index contributed by atoms with van der Waals surface area (Å²) >= 11 is 0. The van der Waals surface area contributed by atoms with Crippen molar-refractivity contribution in [3.05, 3.63) is 23.7 Å². The number of nitrogens with one attached hydrogen (secondary N) is 1. The molecule has 4 nitrogen and oxygen atoms in total. The Balaban J connectivity index is 1.55. The summed E-state index contributed by atoms with van der Waals surface area (Å²) in [5.74, 6) is 1.30. The first-order valence-electron chi connectivity index (χ1n) is 7.43. The van der Waals surface area contributed by atoms with Gasteiger partial charge in [-0.2, -0.15) is 0 Å².